The summed E-state index contributed by atoms with van der Waals surface area (Å²) in [5.74, 6) is 1.57. The number of nitrogens with zero attached hydrogens (tertiary/aromatic N) is 4. The standard InChI is InChI=1S/C25H29N5O2/c1-29(21-11-7-6-10-20(21)25(31)32-2)23-22(26)24(28-17-27-23)30-14-12-19(13-15-30)16-18-8-4-3-5-9-18/h3-11,17,19H,12-16,26H2,1-2H3. The summed E-state index contributed by atoms with van der Waals surface area (Å²) in [5, 5.41) is 0. The largest absolute Gasteiger partial charge is 0.465 e. The summed E-state index contributed by atoms with van der Waals surface area (Å²) in [6, 6.07) is 17.9. The fraction of sp³-hybridized carbons (Fsp3) is 0.320. The Bertz CT molecular complexity index is 1060. The molecule has 2 aromatic carbocycles. The van der Waals surface area contributed by atoms with Crippen molar-refractivity contribution in [1.82, 2.24) is 9.97 Å². The first kappa shape index (κ1) is 21.6. The Kier molecular flexibility index (Phi) is 6.54. The van der Waals surface area contributed by atoms with Crippen molar-refractivity contribution >= 4 is 29.0 Å². The van der Waals surface area contributed by atoms with Gasteiger partial charge in [0.2, 0.25) is 0 Å². The smallest absolute Gasteiger partial charge is 0.339 e. The monoisotopic (exact) mass is 431 g/mol. The molecular formula is C25H29N5O2. The number of carbonyl (C=O) groups is 1. The third-order valence-electron chi connectivity index (χ3n) is 6.11. The highest BCUT2D eigenvalue weighted by molar-refractivity contribution is 5.97. The van der Waals surface area contributed by atoms with E-state index in [9.17, 15) is 4.79 Å². The second kappa shape index (κ2) is 9.68. The zero-order valence-corrected chi connectivity index (χ0v) is 18.6. The fourth-order valence-corrected chi connectivity index (χ4v) is 4.36. The van der Waals surface area contributed by atoms with E-state index in [-0.39, 0.29) is 0 Å². The maximum atomic E-state index is 12.2. The van der Waals surface area contributed by atoms with Gasteiger partial charge in [-0.1, -0.05) is 42.5 Å². The van der Waals surface area contributed by atoms with Crippen LogP contribution < -0.4 is 15.5 Å². The molecule has 1 saturated heterocycles. The van der Waals surface area contributed by atoms with Gasteiger partial charge in [0, 0.05) is 20.1 Å². The van der Waals surface area contributed by atoms with Crippen molar-refractivity contribution in [1.29, 1.82) is 0 Å². The molecule has 1 aliphatic heterocycles. The van der Waals surface area contributed by atoms with Crippen molar-refractivity contribution in [3.8, 4) is 0 Å². The van der Waals surface area contributed by atoms with Gasteiger partial charge < -0.3 is 20.3 Å². The quantitative estimate of drug-likeness (QED) is 0.589. The van der Waals surface area contributed by atoms with Gasteiger partial charge >= 0.3 is 5.97 Å². The molecule has 7 heteroatoms. The molecule has 2 heterocycles. The number of methoxy groups -OCH3 is 1. The molecular weight excluding hydrogens is 402 g/mol. The molecule has 0 bridgehead atoms. The highest BCUT2D eigenvalue weighted by Crippen LogP contribution is 2.35. The highest BCUT2D eigenvalue weighted by atomic mass is 16.5. The molecule has 0 radical (unpaired) electrons. The van der Waals surface area contributed by atoms with Crippen LogP contribution in [-0.4, -0.2) is 43.2 Å². The van der Waals surface area contributed by atoms with E-state index in [1.165, 1.54) is 19.0 Å². The minimum atomic E-state index is -0.402. The summed E-state index contributed by atoms with van der Waals surface area (Å²) >= 11 is 0. The predicted octanol–water partition coefficient (Wildman–Crippen LogP) is 4.07. The van der Waals surface area contributed by atoms with Gasteiger partial charge in [-0.05, 0) is 42.9 Å². The van der Waals surface area contributed by atoms with E-state index in [2.05, 4.69) is 45.2 Å². The van der Waals surface area contributed by atoms with E-state index < -0.39 is 5.97 Å². The predicted molar refractivity (Wildman–Crippen MR) is 127 cm³/mol. The maximum Gasteiger partial charge on any atom is 0.339 e. The van der Waals surface area contributed by atoms with Crippen LogP contribution in [0.3, 0.4) is 0 Å². The Balaban J connectivity index is 1.51. The molecule has 32 heavy (non-hydrogen) atoms. The number of hydrogen-bond donors (Lipinski definition) is 1. The molecule has 0 unspecified atom stereocenters. The number of carbonyl (C=O) groups excluding carboxylic acids is 1. The van der Waals surface area contributed by atoms with Gasteiger partial charge in [-0.15, -0.1) is 0 Å². The highest BCUT2D eigenvalue weighted by Gasteiger charge is 2.25. The molecule has 7 nitrogen and oxygen atoms in total. The van der Waals surface area contributed by atoms with Crippen LogP contribution in [0.25, 0.3) is 0 Å². The molecule has 0 saturated carbocycles. The zero-order chi connectivity index (χ0) is 22.5. The number of nitrogen functional groups attached to an aromatic ring is 1. The number of hydrogen-bond acceptors (Lipinski definition) is 7. The van der Waals surface area contributed by atoms with Gasteiger partial charge in [-0.3, -0.25) is 0 Å². The summed E-state index contributed by atoms with van der Waals surface area (Å²) in [6.45, 7) is 1.81. The maximum absolute atomic E-state index is 12.2. The van der Waals surface area contributed by atoms with E-state index in [0.29, 0.717) is 28.7 Å². The van der Waals surface area contributed by atoms with Gasteiger partial charge in [-0.25, -0.2) is 14.8 Å². The minimum absolute atomic E-state index is 0.402. The molecule has 1 aromatic heterocycles. The average Bonchev–Trinajstić information content (AvgIpc) is 2.84. The van der Waals surface area contributed by atoms with Crippen LogP contribution in [0.15, 0.2) is 60.9 Å². The lowest BCUT2D eigenvalue weighted by atomic mass is 9.90. The number of ether oxygens (including phenoxy) is 1. The van der Waals surface area contributed by atoms with Crippen molar-refractivity contribution in [2.24, 2.45) is 5.92 Å². The Morgan fingerprint density at radius 1 is 1.09 bits per heavy atom. The van der Waals surface area contributed by atoms with E-state index in [0.717, 1.165) is 38.2 Å². The molecule has 0 amide bonds. The number of piperidine rings is 1. The van der Waals surface area contributed by atoms with Crippen molar-refractivity contribution in [2.45, 2.75) is 19.3 Å². The lowest BCUT2D eigenvalue weighted by Crippen LogP contribution is -2.35. The summed E-state index contributed by atoms with van der Waals surface area (Å²) in [5.41, 5.74) is 9.58. The first-order valence-corrected chi connectivity index (χ1v) is 10.9. The van der Waals surface area contributed by atoms with Crippen LogP contribution >= 0.6 is 0 Å². The Morgan fingerprint density at radius 3 is 2.50 bits per heavy atom. The van der Waals surface area contributed by atoms with Crippen molar-refractivity contribution in [3.05, 3.63) is 72.1 Å². The first-order valence-electron chi connectivity index (χ1n) is 10.9. The summed E-state index contributed by atoms with van der Waals surface area (Å²) in [6.07, 6.45) is 4.82. The summed E-state index contributed by atoms with van der Waals surface area (Å²) in [4.78, 5) is 25.2. The van der Waals surface area contributed by atoms with E-state index in [1.807, 2.05) is 24.1 Å². The number of aromatic nitrogens is 2. The van der Waals surface area contributed by atoms with Crippen molar-refractivity contribution in [2.75, 3.05) is 42.8 Å². The number of benzene rings is 2. The van der Waals surface area contributed by atoms with Gasteiger partial charge in [0.1, 0.15) is 12.0 Å². The van der Waals surface area contributed by atoms with Crippen LogP contribution in [0, 0.1) is 5.92 Å². The number of nitrogens with two attached hydrogens (primary N) is 1. The molecule has 0 spiro atoms. The Hall–Kier alpha value is -3.61. The number of para-hydroxylation sites is 1. The van der Waals surface area contributed by atoms with Crippen LogP contribution in [-0.2, 0) is 11.2 Å². The number of esters is 1. The zero-order valence-electron chi connectivity index (χ0n) is 18.6. The van der Waals surface area contributed by atoms with E-state index in [4.69, 9.17) is 10.5 Å². The third-order valence-corrected chi connectivity index (χ3v) is 6.11. The molecule has 166 valence electrons. The van der Waals surface area contributed by atoms with Crippen LogP contribution in [0.4, 0.5) is 23.0 Å². The number of anilines is 4. The van der Waals surface area contributed by atoms with Crippen LogP contribution in [0.5, 0.6) is 0 Å². The SMILES string of the molecule is COC(=O)c1ccccc1N(C)c1ncnc(N2CCC(Cc3ccccc3)CC2)c1N. The van der Waals surface area contributed by atoms with Crippen molar-refractivity contribution in [3.63, 3.8) is 0 Å². The van der Waals surface area contributed by atoms with Crippen LogP contribution in [0.2, 0.25) is 0 Å². The normalized spacial score (nSPS) is 14.2. The van der Waals surface area contributed by atoms with Crippen molar-refractivity contribution < 1.29 is 9.53 Å². The van der Waals surface area contributed by atoms with E-state index >= 15 is 0 Å². The second-order valence-electron chi connectivity index (χ2n) is 8.12. The Morgan fingerprint density at radius 2 is 1.78 bits per heavy atom. The molecule has 0 atom stereocenters. The van der Waals surface area contributed by atoms with Crippen LogP contribution in [0.1, 0.15) is 28.8 Å². The molecule has 1 aliphatic rings. The molecule has 1 fully saturated rings. The van der Waals surface area contributed by atoms with Gasteiger partial charge in [0.05, 0.1) is 18.4 Å². The first-order chi connectivity index (χ1) is 15.6. The molecule has 4 rings (SSSR count). The lowest BCUT2D eigenvalue weighted by Gasteiger charge is -2.34. The topological polar surface area (TPSA) is 84.6 Å². The summed E-state index contributed by atoms with van der Waals surface area (Å²) in [7, 11) is 3.22. The van der Waals surface area contributed by atoms with E-state index in [1.54, 1.807) is 12.1 Å². The molecule has 0 aliphatic carbocycles. The van der Waals surface area contributed by atoms with Gasteiger partial charge in [0.25, 0.3) is 0 Å². The molecule has 2 N–H and O–H groups in total. The Labute approximate surface area is 188 Å². The number of rotatable bonds is 6. The lowest BCUT2D eigenvalue weighted by molar-refractivity contribution is 0.0601. The van der Waals surface area contributed by atoms with Gasteiger partial charge in [-0.2, -0.15) is 0 Å². The fourth-order valence-electron chi connectivity index (χ4n) is 4.36. The second-order valence-corrected chi connectivity index (χ2v) is 8.12. The summed E-state index contributed by atoms with van der Waals surface area (Å²) < 4.78 is 4.93. The average molecular weight is 432 g/mol. The third kappa shape index (κ3) is 4.51. The molecule has 3 aromatic rings. The minimum Gasteiger partial charge on any atom is -0.465 e. The van der Waals surface area contributed by atoms with Gasteiger partial charge in [0.15, 0.2) is 11.6 Å².